The molecule has 2 unspecified atom stereocenters. The van der Waals surface area contributed by atoms with Crippen LogP contribution in [0.3, 0.4) is 0 Å². The fraction of sp³-hybridized carbons (Fsp3) is 0.297. The molecule has 1 fully saturated rings. The van der Waals surface area contributed by atoms with Crippen LogP contribution >= 0.6 is 0 Å². The van der Waals surface area contributed by atoms with E-state index < -0.39 is 79.7 Å². The molecule has 1 saturated carbocycles. The summed E-state index contributed by atoms with van der Waals surface area (Å²) in [6.45, 7) is 4.90. The van der Waals surface area contributed by atoms with Crippen molar-refractivity contribution in [1.29, 1.82) is 0 Å². The molecular formula is C37H38O12S2. The van der Waals surface area contributed by atoms with E-state index in [9.17, 15) is 57.1 Å². The number of aliphatic hydroxyl groups excluding tert-OH is 2. The van der Waals surface area contributed by atoms with Crippen molar-refractivity contribution in [3.63, 3.8) is 0 Å². The van der Waals surface area contributed by atoms with E-state index in [2.05, 4.69) is 0 Å². The molecule has 0 aliphatic heterocycles. The fourth-order valence-electron chi connectivity index (χ4n) is 6.99. The summed E-state index contributed by atoms with van der Waals surface area (Å²) in [5, 5.41) is 73.9. The number of sulfone groups is 2. The number of Topliss-reactive ketones (excluding diaryl/α,β-unsaturated/α-hetero) is 2. The van der Waals surface area contributed by atoms with Gasteiger partial charge < -0.3 is 30.6 Å². The lowest BCUT2D eigenvalue weighted by atomic mass is 9.90. The molecule has 0 amide bonds. The molecular weight excluding hydrogens is 701 g/mol. The van der Waals surface area contributed by atoms with E-state index in [4.69, 9.17) is 0 Å². The van der Waals surface area contributed by atoms with Crippen molar-refractivity contribution in [3.8, 4) is 0 Å². The van der Waals surface area contributed by atoms with E-state index >= 15 is 0 Å². The monoisotopic (exact) mass is 738 g/mol. The highest BCUT2D eigenvalue weighted by molar-refractivity contribution is 7.93. The molecule has 0 spiro atoms. The standard InChI is InChI=1S/C37H38O12S2/c1-23-15-19-27(20-16-23)50(46,47)34(42,31(40)29(38)25-11-7-5-8-12-25)36(44)33(3,4)37(36,45)35(43,32(41)30(39)26-13-9-6-10-14-26)51(48,49)28-21-17-24(2)18-22-28/h5-22,31-32,40-45H,1-4H3/t31?,32?,34-,35-,36+,37+/m0/s1. The molecule has 0 saturated heterocycles. The summed E-state index contributed by atoms with van der Waals surface area (Å²) in [5.41, 5.74) is -10.3. The van der Waals surface area contributed by atoms with Crippen LogP contribution in [0.4, 0.5) is 0 Å². The van der Waals surface area contributed by atoms with Crippen LogP contribution in [0.15, 0.2) is 119 Å². The average Bonchev–Trinajstić information content (AvgIpc) is 3.50. The number of rotatable bonds is 12. The Morgan fingerprint density at radius 2 is 0.824 bits per heavy atom. The lowest BCUT2D eigenvalue weighted by molar-refractivity contribution is -0.170. The molecule has 51 heavy (non-hydrogen) atoms. The summed E-state index contributed by atoms with van der Waals surface area (Å²) >= 11 is 0. The Bertz CT molecular complexity index is 2030. The van der Waals surface area contributed by atoms with Gasteiger partial charge >= 0.3 is 0 Å². The van der Waals surface area contributed by atoms with Gasteiger partial charge in [0.1, 0.15) is 0 Å². The van der Waals surface area contributed by atoms with Crippen LogP contribution in [0, 0.1) is 19.3 Å². The van der Waals surface area contributed by atoms with E-state index in [0.717, 1.165) is 38.1 Å². The van der Waals surface area contributed by atoms with Crippen molar-refractivity contribution < 1.29 is 57.1 Å². The average molecular weight is 739 g/mol. The Balaban J connectivity index is 1.86. The van der Waals surface area contributed by atoms with E-state index in [1.165, 1.54) is 84.9 Å². The summed E-state index contributed by atoms with van der Waals surface area (Å²) in [4.78, 5) is 17.5. The summed E-state index contributed by atoms with van der Waals surface area (Å²) in [7, 11) is -11.4. The highest BCUT2D eigenvalue weighted by atomic mass is 32.2. The largest absolute Gasteiger partial charge is 0.382 e. The summed E-state index contributed by atoms with van der Waals surface area (Å²) in [6, 6.07) is 22.2. The van der Waals surface area contributed by atoms with Gasteiger partial charge in [0.15, 0.2) is 35.0 Å². The van der Waals surface area contributed by atoms with Gasteiger partial charge in [-0.15, -0.1) is 0 Å². The molecule has 6 N–H and O–H groups in total. The Kier molecular flexibility index (Phi) is 9.37. The number of benzene rings is 4. The first kappa shape index (κ1) is 38.1. The lowest BCUT2D eigenvalue weighted by Crippen LogP contribution is -2.71. The molecule has 0 bridgehead atoms. The van der Waals surface area contributed by atoms with E-state index in [1.54, 1.807) is 13.8 Å². The van der Waals surface area contributed by atoms with Crippen LogP contribution < -0.4 is 0 Å². The molecule has 270 valence electrons. The van der Waals surface area contributed by atoms with Gasteiger partial charge in [-0.05, 0) is 38.1 Å². The number of ketones is 2. The normalized spacial score (nSPS) is 23.6. The second kappa shape index (κ2) is 12.5. The Morgan fingerprint density at radius 3 is 1.10 bits per heavy atom. The van der Waals surface area contributed by atoms with Gasteiger partial charge in [0.25, 0.3) is 0 Å². The number of carbonyl (C=O) groups is 2. The number of hydrogen-bond donors (Lipinski definition) is 6. The van der Waals surface area contributed by atoms with Crippen LogP contribution in [0.2, 0.25) is 0 Å². The van der Waals surface area contributed by atoms with Gasteiger partial charge in [0, 0.05) is 16.5 Å². The van der Waals surface area contributed by atoms with Crippen molar-refractivity contribution in [1.82, 2.24) is 0 Å². The maximum atomic E-state index is 14.6. The molecule has 14 heteroatoms. The van der Waals surface area contributed by atoms with Crippen molar-refractivity contribution >= 4 is 31.2 Å². The lowest BCUT2D eigenvalue weighted by Gasteiger charge is -2.42. The van der Waals surface area contributed by atoms with Gasteiger partial charge in [-0.2, -0.15) is 0 Å². The number of hydrogen-bond acceptors (Lipinski definition) is 12. The third-order valence-electron chi connectivity index (χ3n) is 10.1. The molecule has 0 heterocycles. The molecule has 4 aromatic carbocycles. The predicted molar refractivity (Wildman–Crippen MR) is 184 cm³/mol. The Labute approximate surface area is 295 Å². The van der Waals surface area contributed by atoms with Crippen LogP contribution in [0.5, 0.6) is 0 Å². The first-order valence-corrected chi connectivity index (χ1v) is 18.6. The van der Waals surface area contributed by atoms with Gasteiger partial charge in [-0.1, -0.05) is 110 Å². The second-order valence-corrected chi connectivity index (χ2v) is 17.5. The maximum Gasteiger partial charge on any atom is 0.236 e. The minimum Gasteiger partial charge on any atom is -0.382 e. The van der Waals surface area contributed by atoms with Crippen molar-refractivity contribution in [2.45, 2.75) is 70.8 Å². The molecule has 1 aliphatic rings. The highest BCUT2D eigenvalue weighted by Crippen LogP contribution is 2.76. The zero-order valence-electron chi connectivity index (χ0n) is 28.0. The first-order chi connectivity index (χ1) is 23.6. The molecule has 0 aromatic heterocycles. The summed E-state index contributed by atoms with van der Waals surface area (Å²) in [6.07, 6.45) is -6.34. The van der Waals surface area contributed by atoms with Crippen LogP contribution in [0.1, 0.15) is 45.7 Å². The Hall–Kier alpha value is -4.12. The fourth-order valence-corrected chi connectivity index (χ4v) is 11.1. The number of carbonyl (C=O) groups excluding carboxylic acids is 2. The molecule has 4 aromatic rings. The third-order valence-corrected chi connectivity index (χ3v) is 14.6. The van der Waals surface area contributed by atoms with Gasteiger partial charge in [0.05, 0.1) is 9.79 Å². The first-order valence-electron chi connectivity index (χ1n) is 15.7. The van der Waals surface area contributed by atoms with Crippen molar-refractivity contribution in [2.75, 3.05) is 0 Å². The quantitative estimate of drug-likeness (QED) is 0.115. The predicted octanol–water partition coefficient (Wildman–Crippen LogP) is 1.92. The molecule has 1 aliphatic carbocycles. The topological polar surface area (TPSA) is 224 Å². The minimum atomic E-state index is -5.68. The molecule has 5 rings (SSSR count). The van der Waals surface area contributed by atoms with Crippen molar-refractivity contribution in [2.24, 2.45) is 5.41 Å². The highest BCUT2D eigenvalue weighted by Gasteiger charge is 3.00. The van der Waals surface area contributed by atoms with Crippen molar-refractivity contribution in [3.05, 3.63) is 131 Å². The molecule has 6 atom stereocenters. The zero-order chi connectivity index (χ0) is 38.0. The van der Waals surface area contributed by atoms with Crippen LogP contribution in [-0.4, -0.2) is 92.3 Å². The minimum absolute atomic E-state index is 0.352. The van der Waals surface area contributed by atoms with E-state index in [0.29, 0.717) is 11.1 Å². The van der Waals surface area contributed by atoms with E-state index in [-0.39, 0.29) is 11.1 Å². The van der Waals surface area contributed by atoms with E-state index in [1.807, 2.05) is 0 Å². The van der Waals surface area contributed by atoms with Crippen LogP contribution in [-0.2, 0) is 19.7 Å². The van der Waals surface area contributed by atoms with Gasteiger partial charge in [-0.25, -0.2) is 16.8 Å². The smallest absolute Gasteiger partial charge is 0.236 e. The second-order valence-electron chi connectivity index (χ2n) is 13.3. The Morgan fingerprint density at radius 1 is 0.549 bits per heavy atom. The number of aryl methyl sites for hydroxylation is 2. The van der Waals surface area contributed by atoms with Crippen LogP contribution in [0.25, 0.3) is 0 Å². The zero-order valence-corrected chi connectivity index (χ0v) is 29.6. The third kappa shape index (κ3) is 5.00. The summed E-state index contributed by atoms with van der Waals surface area (Å²) < 4.78 is 58.5. The molecule has 0 radical (unpaired) electrons. The SMILES string of the molecule is Cc1ccc(S(=O)(=O)[C@@](O)(C(O)C(=O)c2ccccc2)[C@]2(O)C(C)(C)[C@@]2(O)[C@](O)(C(O)C(=O)c2ccccc2)S(=O)(=O)c2ccc(C)cc2)cc1. The number of aliphatic hydroxyl groups is 6. The molecule has 12 nitrogen and oxygen atoms in total. The summed E-state index contributed by atoms with van der Waals surface area (Å²) in [5.74, 6) is -2.95. The maximum absolute atomic E-state index is 14.6. The van der Waals surface area contributed by atoms with Gasteiger partial charge in [-0.3, -0.25) is 9.59 Å². The van der Waals surface area contributed by atoms with Gasteiger partial charge in [0.2, 0.25) is 29.5 Å².